The maximum absolute atomic E-state index is 5.82. The van der Waals surface area contributed by atoms with Gasteiger partial charge in [0.15, 0.2) is 0 Å². The molecule has 10 heavy (non-hydrogen) atoms. The van der Waals surface area contributed by atoms with Crippen molar-refractivity contribution in [3.63, 3.8) is 0 Å². The number of halogens is 1. The summed E-state index contributed by atoms with van der Waals surface area (Å²) in [4.78, 5) is 0. The van der Waals surface area contributed by atoms with Crippen molar-refractivity contribution in [2.45, 2.75) is 20.3 Å². The lowest BCUT2D eigenvalue weighted by atomic mass is 9.80. The number of hydrogen-bond acceptors (Lipinski definition) is 1. The monoisotopic (exact) mass is 162 g/mol. The van der Waals surface area contributed by atoms with Gasteiger partial charge in [-0.3, -0.25) is 0 Å². The van der Waals surface area contributed by atoms with E-state index in [2.05, 4.69) is 13.8 Å². The van der Waals surface area contributed by atoms with Gasteiger partial charge in [0.25, 0.3) is 0 Å². The van der Waals surface area contributed by atoms with Gasteiger partial charge < -0.3 is 4.74 Å². The van der Waals surface area contributed by atoms with E-state index in [1.54, 1.807) is 0 Å². The molecule has 60 valence electrons. The van der Waals surface area contributed by atoms with Crippen molar-refractivity contribution in [1.82, 2.24) is 0 Å². The minimum Gasteiger partial charge on any atom is -0.380 e. The Morgan fingerprint density at radius 1 is 1.50 bits per heavy atom. The van der Waals surface area contributed by atoms with Crippen LogP contribution in [-0.4, -0.2) is 19.1 Å². The first-order valence-corrected chi connectivity index (χ1v) is 4.36. The summed E-state index contributed by atoms with van der Waals surface area (Å²) in [5.41, 5.74) is 0.329. The van der Waals surface area contributed by atoms with E-state index in [1.807, 2.05) is 0 Å². The fourth-order valence-corrected chi connectivity index (χ4v) is 1.77. The molecule has 1 heterocycles. The Kier molecular flexibility index (Phi) is 2.59. The summed E-state index contributed by atoms with van der Waals surface area (Å²) in [5, 5.41) is 0. The zero-order valence-electron chi connectivity index (χ0n) is 6.69. The first kappa shape index (κ1) is 8.35. The van der Waals surface area contributed by atoms with Crippen LogP contribution in [0.5, 0.6) is 0 Å². The van der Waals surface area contributed by atoms with E-state index in [4.69, 9.17) is 16.3 Å². The van der Waals surface area contributed by atoms with Gasteiger partial charge in [-0.1, -0.05) is 13.8 Å². The van der Waals surface area contributed by atoms with Crippen LogP contribution < -0.4 is 0 Å². The Bertz CT molecular complexity index is 102. The number of ether oxygens (including phenoxy) is 1. The van der Waals surface area contributed by atoms with Crippen molar-refractivity contribution in [2.24, 2.45) is 11.3 Å². The van der Waals surface area contributed by atoms with Gasteiger partial charge in [-0.2, -0.15) is 0 Å². The van der Waals surface area contributed by atoms with Gasteiger partial charge >= 0.3 is 0 Å². The highest BCUT2D eigenvalue weighted by atomic mass is 35.5. The van der Waals surface area contributed by atoms with E-state index >= 15 is 0 Å². The minimum atomic E-state index is 0.329. The van der Waals surface area contributed by atoms with Crippen LogP contribution in [0.1, 0.15) is 20.3 Å². The molecule has 1 aliphatic heterocycles. The average Bonchev–Trinajstić information content (AvgIpc) is 1.78. The average molecular weight is 163 g/mol. The summed E-state index contributed by atoms with van der Waals surface area (Å²) >= 11 is 5.82. The Morgan fingerprint density at radius 3 is 2.20 bits per heavy atom. The lowest BCUT2D eigenvalue weighted by Gasteiger charge is -2.41. The molecule has 0 amide bonds. The van der Waals surface area contributed by atoms with Crippen LogP contribution in [0.25, 0.3) is 0 Å². The van der Waals surface area contributed by atoms with Gasteiger partial charge in [-0.15, -0.1) is 11.6 Å². The zero-order valence-corrected chi connectivity index (χ0v) is 7.45. The third-order valence-corrected chi connectivity index (χ3v) is 2.51. The fraction of sp³-hybridized carbons (Fsp3) is 1.00. The van der Waals surface area contributed by atoms with Crippen molar-refractivity contribution in [3.8, 4) is 0 Å². The van der Waals surface area contributed by atoms with Crippen molar-refractivity contribution < 1.29 is 4.74 Å². The first-order chi connectivity index (χ1) is 4.68. The topological polar surface area (TPSA) is 9.23 Å². The van der Waals surface area contributed by atoms with E-state index in [0.717, 1.165) is 25.0 Å². The molecule has 1 aliphatic rings. The Labute approximate surface area is 67.7 Å². The van der Waals surface area contributed by atoms with Crippen LogP contribution in [0.15, 0.2) is 0 Å². The molecule has 2 heteroatoms. The molecule has 1 rings (SSSR count). The summed E-state index contributed by atoms with van der Waals surface area (Å²) < 4.78 is 5.15. The summed E-state index contributed by atoms with van der Waals surface area (Å²) in [5.74, 6) is 1.49. The standard InChI is InChI=1S/C8H15ClO/c1-7(2)3-8(4-9)5-10-6-8/h7H,3-6H2,1-2H3. The maximum atomic E-state index is 5.82. The van der Waals surface area contributed by atoms with Crippen LogP contribution in [0.3, 0.4) is 0 Å². The largest absolute Gasteiger partial charge is 0.380 e. The predicted octanol–water partition coefficient (Wildman–Crippen LogP) is 2.29. The van der Waals surface area contributed by atoms with Gasteiger partial charge in [-0.25, -0.2) is 0 Å². The van der Waals surface area contributed by atoms with Crippen LogP contribution in [0.4, 0.5) is 0 Å². The third-order valence-electron chi connectivity index (χ3n) is 1.94. The van der Waals surface area contributed by atoms with Gasteiger partial charge in [0.05, 0.1) is 13.2 Å². The van der Waals surface area contributed by atoms with E-state index in [9.17, 15) is 0 Å². The lowest BCUT2D eigenvalue weighted by Crippen LogP contribution is -2.45. The molecule has 0 spiro atoms. The van der Waals surface area contributed by atoms with Gasteiger partial charge in [-0.05, 0) is 12.3 Å². The zero-order chi connectivity index (χ0) is 7.61. The molecule has 0 aromatic rings. The van der Waals surface area contributed by atoms with E-state index in [0.29, 0.717) is 5.41 Å². The Balaban J connectivity index is 2.33. The molecule has 1 saturated heterocycles. The van der Waals surface area contributed by atoms with Crippen LogP contribution in [0, 0.1) is 11.3 Å². The van der Waals surface area contributed by atoms with Crippen LogP contribution in [-0.2, 0) is 4.74 Å². The number of alkyl halides is 1. The predicted molar refractivity (Wildman–Crippen MR) is 43.4 cm³/mol. The molecular weight excluding hydrogens is 148 g/mol. The maximum Gasteiger partial charge on any atom is 0.0556 e. The molecule has 0 aliphatic carbocycles. The summed E-state index contributed by atoms with van der Waals surface area (Å²) in [6, 6.07) is 0. The Hall–Kier alpha value is 0.250. The first-order valence-electron chi connectivity index (χ1n) is 3.82. The molecule has 1 nitrogen and oxygen atoms in total. The van der Waals surface area contributed by atoms with Crippen molar-refractivity contribution in [1.29, 1.82) is 0 Å². The second-order valence-corrected chi connectivity index (χ2v) is 3.99. The molecule has 0 radical (unpaired) electrons. The molecule has 0 aromatic heterocycles. The van der Waals surface area contributed by atoms with Crippen molar-refractivity contribution in [2.75, 3.05) is 19.1 Å². The lowest BCUT2D eigenvalue weighted by molar-refractivity contribution is -0.108. The number of rotatable bonds is 3. The van der Waals surface area contributed by atoms with Crippen molar-refractivity contribution in [3.05, 3.63) is 0 Å². The SMILES string of the molecule is CC(C)CC1(CCl)COC1. The smallest absolute Gasteiger partial charge is 0.0556 e. The minimum absolute atomic E-state index is 0.329. The van der Waals surface area contributed by atoms with Crippen molar-refractivity contribution >= 4 is 11.6 Å². The molecule has 0 unspecified atom stereocenters. The van der Waals surface area contributed by atoms with Crippen LogP contribution in [0.2, 0.25) is 0 Å². The van der Waals surface area contributed by atoms with Gasteiger partial charge in [0.1, 0.15) is 0 Å². The summed E-state index contributed by atoms with van der Waals surface area (Å²) in [7, 11) is 0. The highest BCUT2D eigenvalue weighted by Gasteiger charge is 2.37. The second kappa shape index (κ2) is 3.10. The van der Waals surface area contributed by atoms with Crippen LogP contribution >= 0.6 is 11.6 Å². The molecule has 0 N–H and O–H groups in total. The fourth-order valence-electron chi connectivity index (χ4n) is 1.51. The molecule has 0 atom stereocenters. The second-order valence-electron chi connectivity index (χ2n) is 3.72. The highest BCUT2D eigenvalue weighted by Crippen LogP contribution is 2.35. The molecule has 0 bridgehead atoms. The normalized spacial score (nSPS) is 22.8. The Morgan fingerprint density at radius 2 is 2.10 bits per heavy atom. The van der Waals surface area contributed by atoms with E-state index < -0.39 is 0 Å². The van der Waals surface area contributed by atoms with E-state index in [1.165, 1.54) is 6.42 Å². The molecular formula is C8H15ClO. The van der Waals surface area contributed by atoms with E-state index in [-0.39, 0.29) is 0 Å². The quantitative estimate of drug-likeness (QED) is 0.579. The summed E-state index contributed by atoms with van der Waals surface area (Å²) in [6.07, 6.45) is 1.20. The van der Waals surface area contributed by atoms with Gasteiger partial charge in [0, 0.05) is 11.3 Å². The highest BCUT2D eigenvalue weighted by molar-refractivity contribution is 6.18. The third kappa shape index (κ3) is 1.64. The molecule has 1 fully saturated rings. The summed E-state index contributed by atoms with van der Waals surface area (Å²) in [6.45, 7) is 6.20. The number of hydrogen-bond donors (Lipinski definition) is 0. The molecule has 0 aromatic carbocycles. The van der Waals surface area contributed by atoms with Gasteiger partial charge in [0.2, 0.25) is 0 Å². The molecule has 0 saturated carbocycles.